The average Bonchev–Trinajstić information content (AvgIpc) is 3.11. The van der Waals surface area contributed by atoms with E-state index >= 15 is 0 Å². The van der Waals surface area contributed by atoms with Gasteiger partial charge in [-0.2, -0.15) is 0 Å². The van der Waals surface area contributed by atoms with E-state index < -0.39 is 0 Å². The van der Waals surface area contributed by atoms with Gasteiger partial charge in [0.2, 0.25) is 0 Å². The highest BCUT2D eigenvalue weighted by molar-refractivity contribution is 5.92. The molecule has 2 aliphatic heterocycles. The van der Waals surface area contributed by atoms with E-state index in [4.69, 9.17) is 4.52 Å². The molecule has 1 amide bonds. The number of benzene rings is 1. The molecule has 4 rings (SSSR count). The van der Waals surface area contributed by atoms with E-state index in [9.17, 15) is 9.90 Å². The Hall–Kier alpha value is -2.18. The molecule has 2 aliphatic rings. The molecule has 3 heterocycles. The molecule has 25 heavy (non-hydrogen) atoms. The molecular weight excluding hydrogens is 318 g/mol. The SMILES string of the molecule is O=C(c1cc(CN2CCC(O)CC2)on1)N1CCc2ccccc2C1. The minimum Gasteiger partial charge on any atom is -0.393 e. The van der Waals surface area contributed by atoms with Crippen molar-refractivity contribution in [2.24, 2.45) is 0 Å². The summed E-state index contributed by atoms with van der Waals surface area (Å²) in [4.78, 5) is 16.8. The zero-order chi connectivity index (χ0) is 17.2. The Labute approximate surface area is 147 Å². The van der Waals surface area contributed by atoms with Crippen LogP contribution in [0.3, 0.4) is 0 Å². The topological polar surface area (TPSA) is 69.8 Å². The molecule has 1 aromatic carbocycles. The molecule has 2 aromatic rings. The fourth-order valence-electron chi connectivity index (χ4n) is 3.62. The summed E-state index contributed by atoms with van der Waals surface area (Å²) in [7, 11) is 0. The molecule has 0 bridgehead atoms. The van der Waals surface area contributed by atoms with E-state index in [1.54, 1.807) is 6.07 Å². The lowest BCUT2D eigenvalue weighted by Gasteiger charge is -2.28. The largest absolute Gasteiger partial charge is 0.393 e. The van der Waals surface area contributed by atoms with E-state index in [0.717, 1.165) is 32.4 Å². The zero-order valence-corrected chi connectivity index (χ0v) is 14.2. The number of aliphatic hydroxyl groups is 1. The number of aromatic nitrogens is 1. The van der Waals surface area contributed by atoms with Gasteiger partial charge in [-0.05, 0) is 30.4 Å². The number of hydrogen-bond donors (Lipinski definition) is 1. The minimum absolute atomic E-state index is 0.0708. The van der Waals surface area contributed by atoms with Gasteiger partial charge >= 0.3 is 0 Å². The maximum atomic E-state index is 12.7. The van der Waals surface area contributed by atoms with Crippen LogP contribution in [0.4, 0.5) is 0 Å². The van der Waals surface area contributed by atoms with Crippen LogP contribution in [-0.2, 0) is 19.5 Å². The van der Waals surface area contributed by atoms with Crippen LogP contribution >= 0.6 is 0 Å². The number of aliphatic hydroxyl groups excluding tert-OH is 1. The molecule has 6 heteroatoms. The highest BCUT2D eigenvalue weighted by Gasteiger charge is 2.25. The second kappa shape index (κ2) is 6.98. The first-order valence-electron chi connectivity index (χ1n) is 8.91. The summed E-state index contributed by atoms with van der Waals surface area (Å²) < 4.78 is 5.37. The van der Waals surface area contributed by atoms with Crippen molar-refractivity contribution in [3.63, 3.8) is 0 Å². The van der Waals surface area contributed by atoms with E-state index in [2.05, 4.69) is 22.2 Å². The van der Waals surface area contributed by atoms with Crippen LogP contribution in [0.5, 0.6) is 0 Å². The molecule has 0 spiro atoms. The number of rotatable bonds is 3. The van der Waals surface area contributed by atoms with Crippen LogP contribution in [0, 0.1) is 0 Å². The molecule has 132 valence electrons. The van der Waals surface area contributed by atoms with E-state index in [1.165, 1.54) is 11.1 Å². The maximum Gasteiger partial charge on any atom is 0.276 e. The predicted molar refractivity (Wildman–Crippen MR) is 91.9 cm³/mol. The predicted octanol–water partition coefficient (Wildman–Crippen LogP) is 1.83. The Balaban J connectivity index is 1.39. The van der Waals surface area contributed by atoms with Gasteiger partial charge in [0, 0.05) is 32.2 Å². The fourth-order valence-corrected chi connectivity index (χ4v) is 3.62. The van der Waals surface area contributed by atoms with Crippen molar-refractivity contribution in [3.05, 3.63) is 52.9 Å². The highest BCUT2D eigenvalue weighted by Crippen LogP contribution is 2.21. The third-order valence-electron chi connectivity index (χ3n) is 5.13. The molecule has 0 aliphatic carbocycles. The van der Waals surface area contributed by atoms with Crippen molar-refractivity contribution in [1.29, 1.82) is 0 Å². The van der Waals surface area contributed by atoms with Crippen LogP contribution in [0.15, 0.2) is 34.9 Å². The number of carbonyl (C=O) groups is 1. The van der Waals surface area contributed by atoms with Crippen molar-refractivity contribution in [2.75, 3.05) is 19.6 Å². The second-order valence-electron chi connectivity index (χ2n) is 6.93. The third-order valence-corrected chi connectivity index (χ3v) is 5.13. The van der Waals surface area contributed by atoms with Gasteiger partial charge in [0.15, 0.2) is 11.5 Å². The van der Waals surface area contributed by atoms with Crippen LogP contribution in [-0.4, -0.2) is 51.7 Å². The Kier molecular flexibility index (Phi) is 4.55. The number of carbonyl (C=O) groups excluding carboxylic acids is 1. The summed E-state index contributed by atoms with van der Waals surface area (Å²) >= 11 is 0. The van der Waals surface area contributed by atoms with Crippen molar-refractivity contribution >= 4 is 5.91 Å². The summed E-state index contributed by atoms with van der Waals surface area (Å²) in [6.45, 7) is 3.65. The van der Waals surface area contributed by atoms with Gasteiger partial charge in [-0.1, -0.05) is 29.4 Å². The molecule has 0 unspecified atom stereocenters. The van der Waals surface area contributed by atoms with Crippen LogP contribution in [0.2, 0.25) is 0 Å². The van der Waals surface area contributed by atoms with Crippen LogP contribution in [0.25, 0.3) is 0 Å². The molecule has 1 fully saturated rings. The molecule has 1 N–H and O–H groups in total. The molecular formula is C19H23N3O3. The van der Waals surface area contributed by atoms with Gasteiger partial charge in [0.05, 0.1) is 12.6 Å². The van der Waals surface area contributed by atoms with Gasteiger partial charge in [-0.15, -0.1) is 0 Å². The lowest BCUT2D eigenvalue weighted by molar-refractivity contribution is 0.0718. The minimum atomic E-state index is -0.190. The van der Waals surface area contributed by atoms with Gasteiger partial charge in [0.1, 0.15) is 0 Å². The maximum absolute atomic E-state index is 12.7. The van der Waals surface area contributed by atoms with E-state index in [-0.39, 0.29) is 12.0 Å². The van der Waals surface area contributed by atoms with Crippen LogP contribution < -0.4 is 0 Å². The number of piperidine rings is 1. The highest BCUT2D eigenvalue weighted by atomic mass is 16.5. The van der Waals surface area contributed by atoms with Crippen molar-refractivity contribution in [3.8, 4) is 0 Å². The quantitative estimate of drug-likeness (QED) is 0.922. The number of likely N-dealkylation sites (tertiary alicyclic amines) is 1. The number of hydrogen-bond acceptors (Lipinski definition) is 5. The number of amides is 1. The van der Waals surface area contributed by atoms with Gasteiger partial charge < -0.3 is 14.5 Å². The Morgan fingerprint density at radius 3 is 2.76 bits per heavy atom. The van der Waals surface area contributed by atoms with Gasteiger partial charge in [0.25, 0.3) is 5.91 Å². The number of nitrogens with zero attached hydrogens (tertiary/aromatic N) is 3. The standard InChI is InChI=1S/C19H23N3O3/c23-16-6-8-21(9-7-16)13-17-11-18(20-25-17)19(24)22-10-5-14-3-1-2-4-15(14)12-22/h1-4,11,16,23H,5-10,12-13H2. The summed E-state index contributed by atoms with van der Waals surface area (Å²) in [5, 5.41) is 13.6. The van der Waals surface area contributed by atoms with Gasteiger partial charge in [-0.3, -0.25) is 9.69 Å². The van der Waals surface area contributed by atoms with Gasteiger partial charge in [-0.25, -0.2) is 0 Å². The molecule has 1 saturated heterocycles. The molecule has 0 atom stereocenters. The monoisotopic (exact) mass is 341 g/mol. The average molecular weight is 341 g/mol. The summed E-state index contributed by atoms with van der Waals surface area (Å²) in [5.74, 6) is 0.635. The third kappa shape index (κ3) is 3.60. The first kappa shape index (κ1) is 16.3. The summed E-state index contributed by atoms with van der Waals surface area (Å²) in [5.41, 5.74) is 2.91. The van der Waals surface area contributed by atoms with Crippen molar-refractivity contribution in [2.45, 2.75) is 38.5 Å². The Morgan fingerprint density at radius 2 is 1.96 bits per heavy atom. The number of fused-ring (bicyclic) bond motifs is 1. The molecule has 0 saturated carbocycles. The lowest BCUT2D eigenvalue weighted by Crippen LogP contribution is -2.36. The molecule has 1 aromatic heterocycles. The zero-order valence-electron chi connectivity index (χ0n) is 14.2. The Morgan fingerprint density at radius 1 is 1.20 bits per heavy atom. The van der Waals surface area contributed by atoms with Crippen molar-refractivity contribution < 1.29 is 14.4 Å². The van der Waals surface area contributed by atoms with Crippen LogP contribution in [0.1, 0.15) is 40.2 Å². The smallest absolute Gasteiger partial charge is 0.276 e. The normalized spacial score (nSPS) is 19.0. The molecule has 6 nitrogen and oxygen atoms in total. The molecule has 0 radical (unpaired) electrons. The lowest BCUT2D eigenvalue weighted by atomic mass is 10.00. The first-order chi connectivity index (χ1) is 12.2. The van der Waals surface area contributed by atoms with E-state index in [0.29, 0.717) is 31.1 Å². The summed E-state index contributed by atoms with van der Waals surface area (Å²) in [6, 6.07) is 10.0. The van der Waals surface area contributed by atoms with Crippen molar-refractivity contribution in [1.82, 2.24) is 15.0 Å². The van der Waals surface area contributed by atoms with E-state index in [1.807, 2.05) is 17.0 Å². The Bertz CT molecular complexity index is 750. The fraction of sp³-hybridized carbons (Fsp3) is 0.474. The first-order valence-corrected chi connectivity index (χ1v) is 8.91. The second-order valence-corrected chi connectivity index (χ2v) is 6.93. The summed E-state index contributed by atoms with van der Waals surface area (Å²) in [6.07, 6.45) is 2.26.